The molecular weight excluding hydrogens is 276 g/mol. The zero-order valence-corrected chi connectivity index (χ0v) is 10.3. The van der Waals surface area contributed by atoms with Crippen molar-refractivity contribution in [2.24, 2.45) is 5.10 Å². The number of nitrogens with zero attached hydrogens (tertiary/aromatic N) is 3. The van der Waals surface area contributed by atoms with Crippen LogP contribution in [-0.4, -0.2) is 15.9 Å². The molecule has 0 radical (unpaired) electrons. The molecule has 0 saturated carbocycles. The number of rotatable bonds is 3. The summed E-state index contributed by atoms with van der Waals surface area (Å²) in [4.78, 5) is 3.86. The number of anilines is 1. The second-order valence-corrected chi connectivity index (χ2v) is 4.03. The van der Waals surface area contributed by atoms with Gasteiger partial charge in [0.1, 0.15) is 11.6 Å². The molecule has 20 heavy (non-hydrogen) atoms. The lowest BCUT2D eigenvalue weighted by Gasteiger charge is -2.04. The highest BCUT2D eigenvalue weighted by Gasteiger charge is 2.16. The van der Waals surface area contributed by atoms with Crippen molar-refractivity contribution in [3.05, 3.63) is 46.8 Å². The Kier molecular flexibility index (Phi) is 3.73. The topological polar surface area (TPSA) is 56.2 Å². The molecule has 106 valence electrons. The summed E-state index contributed by atoms with van der Waals surface area (Å²) < 4.78 is 52.8. The molecule has 0 aliphatic heterocycles. The van der Waals surface area contributed by atoms with Crippen LogP contribution in [0.4, 0.5) is 23.5 Å². The minimum Gasteiger partial charge on any atom is -0.368 e. The van der Waals surface area contributed by atoms with E-state index < -0.39 is 23.6 Å². The van der Waals surface area contributed by atoms with Gasteiger partial charge in [0.2, 0.25) is 5.95 Å². The molecule has 0 spiro atoms. The summed E-state index contributed by atoms with van der Waals surface area (Å²) in [6.07, 6.45) is -0.624. The van der Waals surface area contributed by atoms with Crippen LogP contribution in [0.25, 0.3) is 0 Å². The van der Waals surface area contributed by atoms with Crippen molar-refractivity contribution in [2.45, 2.75) is 13.3 Å². The molecule has 0 fully saturated rings. The fourth-order valence-corrected chi connectivity index (χ4v) is 1.56. The second-order valence-electron chi connectivity index (χ2n) is 4.03. The minimum absolute atomic E-state index is 0.0730. The van der Waals surface area contributed by atoms with E-state index in [9.17, 15) is 17.6 Å². The Morgan fingerprint density at radius 2 is 2.00 bits per heavy atom. The third-order valence-electron chi connectivity index (χ3n) is 2.51. The van der Waals surface area contributed by atoms with E-state index in [0.717, 1.165) is 10.9 Å². The van der Waals surface area contributed by atoms with Gasteiger partial charge in [-0.15, -0.1) is 0 Å². The van der Waals surface area contributed by atoms with Gasteiger partial charge in [0.15, 0.2) is 0 Å². The standard InChI is InChI=1S/C12H10F4N4/c1-6-5-20(12(17)19-6)18-4-7-2-10(14)8(11(15)16)3-9(7)13/h2-5,11H,1H3,(H2,17,19). The van der Waals surface area contributed by atoms with Gasteiger partial charge in [-0.25, -0.2) is 27.2 Å². The van der Waals surface area contributed by atoms with Gasteiger partial charge in [0.05, 0.1) is 23.7 Å². The number of alkyl halides is 2. The predicted molar refractivity (Wildman–Crippen MR) is 65.7 cm³/mol. The average Bonchev–Trinajstić information content (AvgIpc) is 2.68. The SMILES string of the molecule is Cc1cn(N=Cc2cc(F)c(C(F)F)cc2F)c(N)n1. The van der Waals surface area contributed by atoms with E-state index in [0.29, 0.717) is 17.8 Å². The number of imidazole rings is 1. The van der Waals surface area contributed by atoms with Crippen molar-refractivity contribution in [3.8, 4) is 0 Å². The Balaban J connectivity index is 2.35. The first kappa shape index (κ1) is 14.0. The summed E-state index contributed by atoms with van der Waals surface area (Å²) in [6.45, 7) is 1.68. The fraction of sp³-hybridized carbons (Fsp3) is 0.167. The van der Waals surface area contributed by atoms with Crippen LogP contribution in [0.5, 0.6) is 0 Å². The molecule has 0 unspecified atom stereocenters. The minimum atomic E-state index is -3.08. The van der Waals surface area contributed by atoms with E-state index in [1.165, 1.54) is 6.20 Å². The molecule has 0 atom stereocenters. The van der Waals surface area contributed by atoms with Crippen molar-refractivity contribution in [3.63, 3.8) is 0 Å². The van der Waals surface area contributed by atoms with Crippen LogP contribution in [0.3, 0.4) is 0 Å². The van der Waals surface area contributed by atoms with Gasteiger partial charge in [-0.2, -0.15) is 5.10 Å². The summed E-state index contributed by atoms with van der Waals surface area (Å²) in [5.41, 5.74) is 4.85. The van der Waals surface area contributed by atoms with Gasteiger partial charge in [0.25, 0.3) is 6.43 Å². The maximum Gasteiger partial charge on any atom is 0.266 e. The van der Waals surface area contributed by atoms with Crippen LogP contribution in [0, 0.1) is 18.6 Å². The first-order chi connectivity index (χ1) is 9.38. The summed E-state index contributed by atoms with van der Waals surface area (Å²) in [7, 11) is 0. The highest BCUT2D eigenvalue weighted by molar-refractivity contribution is 5.80. The zero-order chi connectivity index (χ0) is 14.9. The molecule has 8 heteroatoms. The zero-order valence-electron chi connectivity index (χ0n) is 10.3. The first-order valence-corrected chi connectivity index (χ1v) is 5.51. The van der Waals surface area contributed by atoms with Crippen molar-refractivity contribution >= 4 is 12.2 Å². The number of aromatic nitrogens is 2. The highest BCUT2D eigenvalue weighted by atomic mass is 19.3. The van der Waals surface area contributed by atoms with Gasteiger partial charge in [0, 0.05) is 5.56 Å². The molecule has 0 saturated heterocycles. The highest BCUT2D eigenvalue weighted by Crippen LogP contribution is 2.24. The van der Waals surface area contributed by atoms with Crippen LogP contribution < -0.4 is 5.73 Å². The molecule has 4 nitrogen and oxygen atoms in total. The normalized spacial score (nSPS) is 11.7. The van der Waals surface area contributed by atoms with Gasteiger partial charge >= 0.3 is 0 Å². The lowest BCUT2D eigenvalue weighted by molar-refractivity contribution is 0.146. The molecule has 1 aromatic heterocycles. The Bertz CT molecular complexity index is 664. The van der Waals surface area contributed by atoms with Crippen LogP contribution in [0.15, 0.2) is 23.4 Å². The van der Waals surface area contributed by atoms with Crippen molar-refractivity contribution in [2.75, 3.05) is 5.73 Å². The number of benzene rings is 1. The number of hydrogen-bond acceptors (Lipinski definition) is 3. The quantitative estimate of drug-likeness (QED) is 0.696. The molecule has 0 amide bonds. The molecule has 1 heterocycles. The maximum absolute atomic E-state index is 13.6. The maximum atomic E-state index is 13.6. The largest absolute Gasteiger partial charge is 0.368 e. The molecule has 1 aromatic carbocycles. The Morgan fingerprint density at radius 1 is 1.30 bits per heavy atom. The first-order valence-electron chi connectivity index (χ1n) is 5.51. The van der Waals surface area contributed by atoms with Crippen LogP contribution in [-0.2, 0) is 0 Å². The summed E-state index contributed by atoms with van der Waals surface area (Å²) in [6, 6.07) is 1.10. The molecule has 0 bridgehead atoms. The van der Waals surface area contributed by atoms with Gasteiger partial charge in [-0.1, -0.05) is 0 Å². The van der Waals surface area contributed by atoms with Crippen LogP contribution in [0.1, 0.15) is 23.2 Å². The Morgan fingerprint density at radius 3 is 2.55 bits per heavy atom. The Hall–Kier alpha value is -2.38. The number of halogens is 4. The van der Waals surface area contributed by atoms with Gasteiger partial charge in [-0.3, -0.25) is 0 Å². The molecule has 0 aliphatic carbocycles. The van der Waals surface area contributed by atoms with E-state index in [2.05, 4.69) is 10.1 Å². The number of hydrogen-bond donors (Lipinski definition) is 1. The lowest BCUT2D eigenvalue weighted by atomic mass is 10.1. The van der Waals surface area contributed by atoms with Crippen molar-refractivity contribution < 1.29 is 17.6 Å². The monoisotopic (exact) mass is 286 g/mol. The lowest BCUT2D eigenvalue weighted by Crippen LogP contribution is -2.00. The third kappa shape index (κ3) is 2.79. The average molecular weight is 286 g/mol. The smallest absolute Gasteiger partial charge is 0.266 e. The van der Waals surface area contributed by atoms with Crippen molar-refractivity contribution in [1.82, 2.24) is 9.66 Å². The molecule has 2 N–H and O–H groups in total. The van der Waals surface area contributed by atoms with E-state index in [4.69, 9.17) is 5.73 Å². The predicted octanol–water partition coefficient (Wildman–Crippen LogP) is 2.87. The van der Waals surface area contributed by atoms with E-state index in [-0.39, 0.29) is 11.5 Å². The van der Waals surface area contributed by atoms with Crippen LogP contribution in [0.2, 0.25) is 0 Å². The van der Waals surface area contributed by atoms with E-state index in [1.54, 1.807) is 6.92 Å². The van der Waals surface area contributed by atoms with Crippen molar-refractivity contribution in [1.29, 1.82) is 0 Å². The molecule has 2 rings (SSSR count). The Labute approximate surface area is 111 Å². The van der Waals surface area contributed by atoms with E-state index in [1.807, 2.05) is 0 Å². The third-order valence-corrected chi connectivity index (χ3v) is 2.51. The molecular formula is C12H10F4N4. The number of nitrogens with two attached hydrogens (primary N) is 1. The fourth-order valence-electron chi connectivity index (χ4n) is 1.56. The number of aryl methyl sites for hydroxylation is 1. The molecule has 0 aliphatic rings. The van der Waals surface area contributed by atoms with Gasteiger partial charge < -0.3 is 5.73 Å². The summed E-state index contributed by atoms with van der Waals surface area (Å²) >= 11 is 0. The van der Waals surface area contributed by atoms with E-state index >= 15 is 0 Å². The second kappa shape index (κ2) is 5.32. The number of nitrogen functional groups attached to an aromatic ring is 1. The molecule has 2 aromatic rings. The summed E-state index contributed by atoms with van der Waals surface area (Å²) in [5, 5.41) is 3.78. The van der Waals surface area contributed by atoms with Crippen LogP contribution >= 0.6 is 0 Å². The van der Waals surface area contributed by atoms with Gasteiger partial charge in [-0.05, 0) is 19.1 Å². The summed E-state index contributed by atoms with van der Waals surface area (Å²) in [5.74, 6) is -2.12.